The van der Waals surface area contributed by atoms with Crippen molar-refractivity contribution in [3.8, 4) is 0 Å². The Balaban J connectivity index is 0.000000423. The van der Waals surface area contributed by atoms with Gasteiger partial charge in [0.25, 0.3) is 0 Å². The van der Waals surface area contributed by atoms with E-state index in [0.29, 0.717) is 44.9 Å². The Hall–Kier alpha value is -4.99. The summed E-state index contributed by atoms with van der Waals surface area (Å²) in [5, 5.41) is 0. The summed E-state index contributed by atoms with van der Waals surface area (Å²) in [6.45, 7) is 6.05. The molecule has 266 valence electrons. The quantitative estimate of drug-likeness (QED) is 0.367. The Bertz CT molecular complexity index is 1350. The molecule has 2 aromatic rings. The van der Waals surface area contributed by atoms with Crippen LogP contribution in [0, 0.1) is 5.92 Å². The molecule has 2 atom stereocenters. The largest absolute Gasteiger partial charge is 0.445 e. The standard InChI is InChI=1S/C17H22FNO3.C17H23NO3.2CO2/c1-2-17(18)10-12-19(11-6-9-15(17)20)16(21)22-13-14-7-4-3-5-8-14;1-2-15-10-12-18(11-6-9-16(15)19)17(20)21-13-14-7-4-3-5-8-14;2*2-1-3/h3-5,7-8H,2,6,9-13H2,1H3;3-5,7-8,15H,2,6,9-13H2,1H3;;. The van der Waals surface area contributed by atoms with Gasteiger partial charge in [0.2, 0.25) is 0 Å². The summed E-state index contributed by atoms with van der Waals surface area (Å²) in [5.41, 5.74) is 0.0873. The summed E-state index contributed by atoms with van der Waals surface area (Å²) >= 11 is 0. The first kappa shape index (κ1) is 42.0. The van der Waals surface area contributed by atoms with Crippen molar-refractivity contribution in [1.29, 1.82) is 0 Å². The van der Waals surface area contributed by atoms with Crippen LogP contribution in [-0.2, 0) is 51.5 Å². The molecule has 2 aliphatic rings. The van der Waals surface area contributed by atoms with E-state index in [9.17, 15) is 23.6 Å². The predicted octanol–water partition coefficient (Wildman–Crippen LogP) is 5.73. The second-order valence-electron chi connectivity index (χ2n) is 11.3. The van der Waals surface area contributed by atoms with Crippen LogP contribution in [0.15, 0.2) is 60.7 Å². The highest BCUT2D eigenvalue weighted by atomic mass is 19.1. The van der Waals surface area contributed by atoms with Gasteiger partial charge in [-0.2, -0.15) is 19.2 Å². The predicted molar refractivity (Wildman–Crippen MR) is 172 cm³/mol. The number of likely N-dealkylation sites (tertiary alicyclic amines) is 2. The molecular weight excluding hydrogens is 639 g/mol. The number of amides is 2. The van der Waals surface area contributed by atoms with E-state index >= 15 is 0 Å². The van der Waals surface area contributed by atoms with Crippen LogP contribution in [0.4, 0.5) is 14.0 Å². The molecule has 49 heavy (non-hydrogen) atoms. The summed E-state index contributed by atoms with van der Waals surface area (Å²) in [4.78, 5) is 83.6. The molecule has 2 saturated heterocycles. The summed E-state index contributed by atoms with van der Waals surface area (Å²) < 4.78 is 25.1. The van der Waals surface area contributed by atoms with E-state index in [-0.39, 0.29) is 62.5 Å². The van der Waals surface area contributed by atoms with Crippen LogP contribution in [0.2, 0.25) is 0 Å². The van der Waals surface area contributed by atoms with Crippen molar-refractivity contribution in [2.75, 3.05) is 26.2 Å². The molecule has 13 heteroatoms. The topological polar surface area (TPSA) is 161 Å². The first-order valence-corrected chi connectivity index (χ1v) is 16.2. The maximum atomic E-state index is 14.5. The van der Waals surface area contributed by atoms with Gasteiger partial charge in [-0.05, 0) is 43.2 Å². The molecule has 2 fully saturated rings. The maximum Gasteiger partial charge on any atom is 0.410 e. The molecule has 0 aromatic heterocycles. The van der Waals surface area contributed by atoms with Gasteiger partial charge in [0, 0.05) is 51.4 Å². The Kier molecular flexibility index (Phi) is 20.8. The Morgan fingerprint density at radius 1 is 0.755 bits per heavy atom. The van der Waals surface area contributed by atoms with E-state index in [0.717, 1.165) is 30.4 Å². The van der Waals surface area contributed by atoms with Crippen molar-refractivity contribution in [2.24, 2.45) is 5.92 Å². The monoisotopic (exact) mass is 684 g/mol. The number of carbonyl (C=O) groups is 4. The molecular formula is C36H45FN2O10. The molecule has 2 heterocycles. The van der Waals surface area contributed by atoms with Crippen LogP contribution in [-0.4, -0.2) is 77.7 Å². The molecule has 2 amide bonds. The number of alkyl halides is 1. The van der Waals surface area contributed by atoms with Gasteiger partial charge < -0.3 is 19.3 Å². The normalized spacial score (nSPS) is 19.0. The number of benzene rings is 2. The number of nitrogens with zero attached hydrogens (tertiary/aromatic N) is 2. The second-order valence-corrected chi connectivity index (χ2v) is 11.3. The van der Waals surface area contributed by atoms with Crippen molar-refractivity contribution >= 4 is 36.1 Å². The van der Waals surface area contributed by atoms with E-state index in [4.69, 9.17) is 28.7 Å². The van der Waals surface area contributed by atoms with Crippen molar-refractivity contribution < 1.29 is 52.2 Å². The minimum Gasteiger partial charge on any atom is -0.445 e. The molecule has 12 nitrogen and oxygen atoms in total. The van der Waals surface area contributed by atoms with Gasteiger partial charge in [-0.25, -0.2) is 14.0 Å². The minimum absolute atomic E-state index is 0.0444. The third-order valence-electron chi connectivity index (χ3n) is 8.14. The molecule has 4 rings (SSSR count). The van der Waals surface area contributed by atoms with Crippen molar-refractivity contribution in [3.05, 3.63) is 71.8 Å². The second kappa shape index (κ2) is 24.2. The average molecular weight is 685 g/mol. The van der Waals surface area contributed by atoms with Gasteiger partial charge >= 0.3 is 24.5 Å². The molecule has 2 unspecified atom stereocenters. The fourth-order valence-electron chi connectivity index (χ4n) is 5.24. The van der Waals surface area contributed by atoms with Crippen LogP contribution >= 0.6 is 0 Å². The van der Waals surface area contributed by atoms with E-state index in [2.05, 4.69) is 0 Å². The number of ether oxygens (including phenoxy) is 2. The molecule has 0 spiro atoms. The highest BCUT2D eigenvalue weighted by Gasteiger charge is 2.38. The number of ketones is 2. The van der Waals surface area contributed by atoms with E-state index in [1.165, 1.54) is 4.90 Å². The highest BCUT2D eigenvalue weighted by Crippen LogP contribution is 2.27. The lowest BCUT2D eigenvalue weighted by Gasteiger charge is -2.30. The molecule has 0 radical (unpaired) electrons. The number of hydrogen-bond donors (Lipinski definition) is 0. The molecule has 0 aliphatic carbocycles. The first-order chi connectivity index (χ1) is 23.6. The first-order valence-electron chi connectivity index (χ1n) is 16.2. The molecule has 0 N–H and O–H groups in total. The SMILES string of the molecule is CCC1(F)CCN(C(=O)OCc2ccccc2)CCCC1=O.CCC1CCN(C(=O)OCc2ccccc2)CCCC1=O.O=C=O.O=C=O. The fourth-order valence-corrected chi connectivity index (χ4v) is 5.24. The zero-order valence-electron chi connectivity index (χ0n) is 28.1. The van der Waals surface area contributed by atoms with Crippen LogP contribution in [0.25, 0.3) is 0 Å². The average Bonchev–Trinajstić information content (AvgIpc) is 3.10. The highest BCUT2D eigenvalue weighted by molar-refractivity contribution is 5.87. The van der Waals surface area contributed by atoms with Crippen LogP contribution in [0.5, 0.6) is 0 Å². The summed E-state index contributed by atoms with van der Waals surface area (Å²) in [6.07, 6.45) is 3.53. The summed E-state index contributed by atoms with van der Waals surface area (Å²) in [6, 6.07) is 19.1. The van der Waals surface area contributed by atoms with Crippen molar-refractivity contribution in [1.82, 2.24) is 9.80 Å². The third-order valence-corrected chi connectivity index (χ3v) is 8.14. The number of Topliss-reactive ketones (excluding diaryl/α,β-unsaturated/α-hetero) is 2. The van der Waals surface area contributed by atoms with E-state index in [1.807, 2.05) is 67.6 Å². The number of rotatable bonds is 6. The Morgan fingerprint density at radius 2 is 1.20 bits per heavy atom. The van der Waals surface area contributed by atoms with Gasteiger partial charge in [0.15, 0.2) is 11.5 Å². The van der Waals surface area contributed by atoms with Crippen molar-refractivity contribution in [2.45, 2.75) is 84.1 Å². The van der Waals surface area contributed by atoms with Gasteiger partial charge in [0.1, 0.15) is 19.0 Å². The Morgan fingerprint density at radius 3 is 1.65 bits per heavy atom. The van der Waals surface area contributed by atoms with Gasteiger partial charge in [0.05, 0.1) is 0 Å². The number of halogens is 1. The molecule has 2 aliphatic heterocycles. The van der Waals surface area contributed by atoms with Crippen molar-refractivity contribution in [3.63, 3.8) is 0 Å². The maximum absolute atomic E-state index is 14.5. The lowest BCUT2D eigenvalue weighted by atomic mass is 9.89. The smallest absolute Gasteiger partial charge is 0.410 e. The van der Waals surface area contributed by atoms with E-state index < -0.39 is 11.8 Å². The zero-order valence-corrected chi connectivity index (χ0v) is 28.1. The number of carbonyl (C=O) groups excluding carboxylic acids is 8. The van der Waals surface area contributed by atoms with Crippen LogP contribution < -0.4 is 0 Å². The van der Waals surface area contributed by atoms with Gasteiger partial charge in [-0.3, -0.25) is 9.59 Å². The zero-order chi connectivity index (χ0) is 36.5. The minimum atomic E-state index is -1.81. The van der Waals surface area contributed by atoms with Gasteiger partial charge in [-0.1, -0.05) is 74.5 Å². The molecule has 0 bridgehead atoms. The van der Waals surface area contributed by atoms with Gasteiger partial charge in [-0.15, -0.1) is 0 Å². The number of hydrogen-bond acceptors (Lipinski definition) is 10. The molecule has 2 aromatic carbocycles. The Labute approximate surface area is 285 Å². The third kappa shape index (κ3) is 16.1. The van der Waals surface area contributed by atoms with Crippen LogP contribution in [0.3, 0.4) is 0 Å². The fraction of sp³-hybridized carbons (Fsp3) is 0.500. The summed E-state index contributed by atoms with van der Waals surface area (Å²) in [5.74, 6) is 0.0943. The lowest BCUT2D eigenvalue weighted by Crippen LogP contribution is -2.43. The van der Waals surface area contributed by atoms with Crippen LogP contribution in [0.1, 0.15) is 76.3 Å². The summed E-state index contributed by atoms with van der Waals surface area (Å²) in [7, 11) is 0. The lowest BCUT2D eigenvalue weighted by molar-refractivity contribution is -0.193. The molecule has 0 saturated carbocycles. The van der Waals surface area contributed by atoms with E-state index in [1.54, 1.807) is 11.8 Å².